The van der Waals surface area contributed by atoms with Crippen molar-refractivity contribution in [3.05, 3.63) is 60.7 Å². The molecule has 0 amide bonds. The van der Waals surface area contributed by atoms with Gasteiger partial charge in [0.2, 0.25) is 0 Å². The summed E-state index contributed by atoms with van der Waals surface area (Å²) in [5.74, 6) is 2.23. The van der Waals surface area contributed by atoms with Crippen molar-refractivity contribution in [3.63, 3.8) is 0 Å². The van der Waals surface area contributed by atoms with Gasteiger partial charge in [0.1, 0.15) is 11.9 Å². The van der Waals surface area contributed by atoms with Crippen LogP contribution in [0.5, 0.6) is 5.75 Å². The molecule has 2 aromatic heterocycles. The van der Waals surface area contributed by atoms with Crippen molar-refractivity contribution in [2.24, 2.45) is 0 Å². The van der Waals surface area contributed by atoms with E-state index in [1.165, 1.54) is 30.8 Å². The summed E-state index contributed by atoms with van der Waals surface area (Å²) in [5.41, 5.74) is 3.29. The highest BCUT2D eigenvalue weighted by Gasteiger charge is 2.28. The van der Waals surface area contributed by atoms with Gasteiger partial charge in [-0.2, -0.15) is 4.57 Å². The second-order valence-electron chi connectivity index (χ2n) is 6.15. The van der Waals surface area contributed by atoms with Gasteiger partial charge in [0.15, 0.2) is 17.1 Å². The molecule has 0 aliphatic carbocycles. The van der Waals surface area contributed by atoms with Gasteiger partial charge in [0.25, 0.3) is 5.82 Å². The number of aromatic nitrogens is 3. The van der Waals surface area contributed by atoms with Gasteiger partial charge in [-0.3, -0.25) is 4.98 Å². The Bertz CT molecular complexity index is 839. The van der Waals surface area contributed by atoms with Gasteiger partial charge in [-0.25, -0.2) is 4.57 Å². The molecule has 0 saturated heterocycles. The normalized spacial score (nSPS) is 14.0. The average Bonchev–Trinajstić information content (AvgIpc) is 2.83. The predicted molar refractivity (Wildman–Crippen MR) is 93.3 cm³/mol. The van der Waals surface area contributed by atoms with Crippen LogP contribution in [0.1, 0.15) is 25.1 Å². The maximum absolute atomic E-state index is 5.59. The topological polar surface area (TPSA) is 30.9 Å². The summed E-state index contributed by atoms with van der Waals surface area (Å²) in [4.78, 5) is 4.57. The molecule has 3 aromatic rings. The van der Waals surface area contributed by atoms with Crippen molar-refractivity contribution >= 4 is 0 Å². The first-order chi connectivity index (χ1) is 11.9. The number of rotatable bonds is 3. The molecular formula is C20H22N3O+. The summed E-state index contributed by atoms with van der Waals surface area (Å²) in [6, 6.07) is 14.3. The number of para-hydroxylation sites is 2. The van der Waals surface area contributed by atoms with E-state index in [1.54, 1.807) is 7.11 Å². The highest BCUT2D eigenvalue weighted by atomic mass is 16.5. The van der Waals surface area contributed by atoms with E-state index in [-0.39, 0.29) is 0 Å². The number of pyridine rings is 1. The van der Waals surface area contributed by atoms with Crippen LogP contribution in [0.2, 0.25) is 0 Å². The molecule has 1 aliphatic heterocycles. The molecule has 0 bridgehead atoms. The molecule has 0 spiro atoms. The van der Waals surface area contributed by atoms with Crippen LogP contribution in [0.4, 0.5) is 0 Å². The van der Waals surface area contributed by atoms with Crippen molar-refractivity contribution in [2.75, 3.05) is 7.11 Å². The SMILES string of the molecule is COc1ccccc1-n1cc(-c2ccccn2)[n+]2c1CCCCC2. The van der Waals surface area contributed by atoms with Gasteiger partial charge < -0.3 is 4.74 Å². The van der Waals surface area contributed by atoms with E-state index in [1.807, 2.05) is 30.5 Å². The van der Waals surface area contributed by atoms with Crippen molar-refractivity contribution in [1.29, 1.82) is 0 Å². The molecule has 4 heteroatoms. The highest BCUT2D eigenvalue weighted by Crippen LogP contribution is 2.27. The molecule has 1 aliphatic rings. The summed E-state index contributed by atoms with van der Waals surface area (Å²) in [5, 5.41) is 0. The van der Waals surface area contributed by atoms with Crippen molar-refractivity contribution < 1.29 is 9.30 Å². The number of hydrogen-bond donors (Lipinski definition) is 0. The van der Waals surface area contributed by atoms with Crippen molar-refractivity contribution in [3.8, 4) is 22.8 Å². The van der Waals surface area contributed by atoms with Gasteiger partial charge >= 0.3 is 0 Å². The van der Waals surface area contributed by atoms with Crippen LogP contribution in [-0.4, -0.2) is 16.7 Å². The van der Waals surface area contributed by atoms with Crippen LogP contribution < -0.4 is 9.30 Å². The Balaban J connectivity index is 1.93. The Hall–Kier alpha value is -2.62. The monoisotopic (exact) mass is 320 g/mol. The number of nitrogens with zero attached hydrogens (tertiary/aromatic N) is 3. The minimum Gasteiger partial charge on any atom is -0.492 e. The lowest BCUT2D eigenvalue weighted by molar-refractivity contribution is -0.692. The van der Waals surface area contributed by atoms with Gasteiger partial charge in [-0.05, 0) is 43.5 Å². The standard InChI is InChI=1S/C20H22N3O/c1-24-19-11-5-4-10-17(19)23-15-18(16-9-6-7-13-21-16)22-14-8-2-3-12-20(22)23/h4-7,9-11,13,15H,2-3,8,12,14H2,1H3/q+1. The fourth-order valence-electron chi connectivity index (χ4n) is 3.53. The fraction of sp³-hybridized carbons (Fsp3) is 0.300. The molecule has 0 atom stereocenters. The van der Waals surface area contributed by atoms with E-state index >= 15 is 0 Å². The Labute approximate surface area is 142 Å². The molecule has 1 aromatic carbocycles. The number of benzene rings is 1. The zero-order valence-electron chi connectivity index (χ0n) is 14.0. The molecule has 0 N–H and O–H groups in total. The second kappa shape index (κ2) is 6.48. The average molecular weight is 320 g/mol. The van der Waals surface area contributed by atoms with Crippen molar-refractivity contribution in [1.82, 2.24) is 9.55 Å². The van der Waals surface area contributed by atoms with E-state index in [2.05, 4.69) is 38.5 Å². The van der Waals surface area contributed by atoms with Gasteiger partial charge in [-0.1, -0.05) is 18.2 Å². The third-order valence-electron chi connectivity index (χ3n) is 4.69. The maximum Gasteiger partial charge on any atom is 0.262 e. The smallest absolute Gasteiger partial charge is 0.262 e. The van der Waals surface area contributed by atoms with E-state index in [0.29, 0.717) is 0 Å². The first-order valence-corrected chi connectivity index (χ1v) is 8.57. The molecule has 0 fully saturated rings. The Morgan fingerprint density at radius 3 is 2.75 bits per heavy atom. The third kappa shape index (κ3) is 2.58. The lowest BCUT2D eigenvalue weighted by Crippen LogP contribution is -2.38. The zero-order chi connectivity index (χ0) is 16.4. The van der Waals surface area contributed by atoms with E-state index in [9.17, 15) is 0 Å². The number of methoxy groups -OCH3 is 1. The van der Waals surface area contributed by atoms with Crippen LogP contribution >= 0.6 is 0 Å². The van der Waals surface area contributed by atoms with Crippen LogP contribution in [0.25, 0.3) is 17.1 Å². The Kier molecular flexibility index (Phi) is 4.03. The molecular weight excluding hydrogens is 298 g/mol. The molecule has 3 heterocycles. The van der Waals surface area contributed by atoms with Crippen LogP contribution in [0.15, 0.2) is 54.9 Å². The first kappa shape index (κ1) is 14.9. The Morgan fingerprint density at radius 2 is 1.92 bits per heavy atom. The third-order valence-corrected chi connectivity index (χ3v) is 4.69. The molecule has 4 nitrogen and oxygen atoms in total. The van der Waals surface area contributed by atoms with Gasteiger partial charge in [0, 0.05) is 12.6 Å². The van der Waals surface area contributed by atoms with Crippen molar-refractivity contribution in [2.45, 2.75) is 32.2 Å². The fourth-order valence-corrected chi connectivity index (χ4v) is 3.53. The number of ether oxygens (including phenoxy) is 1. The largest absolute Gasteiger partial charge is 0.492 e. The molecule has 122 valence electrons. The quantitative estimate of drug-likeness (QED) is 0.691. The first-order valence-electron chi connectivity index (χ1n) is 8.57. The molecule has 0 saturated carbocycles. The van der Waals surface area contributed by atoms with E-state index in [4.69, 9.17) is 4.74 Å². The second-order valence-corrected chi connectivity index (χ2v) is 6.15. The number of imidazole rings is 1. The molecule has 0 radical (unpaired) electrons. The summed E-state index contributed by atoms with van der Waals surface area (Å²) in [7, 11) is 1.73. The minimum absolute atomic E-state index is 0.896. The van der Waals surface area contributed by atoms with Crippen LogP contribution in [0, 0.1) is 0 Å². The number of hydrogen-bond acceptors (Lipinski definition) is 2. The van der Waals surface area contributed by atoms with Crippen LogP contribution in [0.3, 0.4) is 0 Å². The van der Waals surface area contributed by atoms with Gasteiger partial charge in [0.05, 0.1) is 13.7 Å². The summed E-state index contributed by atoms with van der Waals surface area (Å²) in [6.07, 6.45) is 8.86. The highest BCUT2D eigenvalue weighted by molar-refractivity contribution is 5.53. The van der Waals surface area contributed by atoms with Gasteiger partial charge in [-0.15, -0.1) is 0 Å². The Morgan fingerprint density at radius 1 is 1.04 bits per heavy atom. The predicted octanol–water partition coefficient (Wildman–Crippen LogP) is 3.56. The van der Waals surface area contributed by atoms with Crippen LogP contribution in [-0.2, 0) is 13.0 Å². The summed E-state index contributed by atoms with van der Waals surface area (Å²) >= 11 is 0. The minimum atomic E-state index is 0.896. The number of fused-ring (bicyclic) bond motifs is 1. The molecule has 24 heavy (non-hydrogen) atoms. The van der Waals surface area contributed by atoms with E-state index < -0.39 is 0 Å². The van der Waals surface area contributed by atoms with E-state index in [0.717, 1.165) is 30.1 Å². The lowest BCUT2D eigenvalue weighted by atomic mass is 10.2. The summed E-state index contributed by atoms with van der Waals surface area (Å²) < 4.78 is 10.3. The zero-order valence-corrected chi connectivity index (χ0v) is 14.0. The maximum atomic E-state index is 5.59. The lowest BCUT2D eigenvalue weighted by Gasteiger charge is -2.06. The molecule has 0 unspecified atom stereocenters. The summed E-state index contributed by atoms with van der Waals surface area (Å²) in [6.45, 7) is 1.05. The molecule has 4 rings (SSSR count).